The van der Waals surface area contributed by atoms with Crippen molar-refractivity contribution in [1.82, 2.24) is 15.5 Å². The summed E-state index contributed by atoms with van der Waals surface area (Å²) in [5.74, 6) is -0.903. The smallest absolute Gasteiger partial charge is 0.315 e. The van der Waals surface area contributed by atoms with E-state index in [1.807, 2.05) is 31.2 Å². The van der Waals surface area contributed by atoms with Crippen LogP contribution in [0.15, 0.2) is 48.5 Å². The van der Waals surface area contributed by atoms with Gasteiger partial charge < -0.3 is 21.7 Å². The summed E-state index contributed by atoms with van der Waals surface area (Å²) in [5, 5.41) is 8.34. The Bertz CT molecular complexity index is 1010. The Hall–Kier alpha value is -3.46. The number of piperidine rings is 1. The molecular weight excluding hydrogens is 449 g/mol. The summed E-state index contributed by atoms with van der Waals surface area (Å²) in [6.45, 7) is 4.50. The first-order valence-corrected chi connectivity index (χ1v) is 12.0. The summed E-state index contributed by atoms with van der Waals surface area (Å²) in [4.78, 5) is 38.9. The molecule has 35 heavy (non-hydrogen) atoms. The number of carbonyl (C=O) groups excluding carboxylic acids is 3. The van der Waals surface area contributed by atoms with Crippen LogP contribution in [0.25, 0.3) is 0 Å². The first kappa shape index (κ1) is 26.2. The van der Waals surface area contributed by atoms with E-state index in [9.17, 15) is 18.8 Å². The number of likely N-dealkylation sites (tertiary alicyclic amines) is 1. The van der Waals surface area contributed by atoms with Gasteiger partial charge in [-0.2, -0.15) is 0 Å². The molecule has 188 valence electrons. The Labute approximate surface area is 205 Å². The first-order chi connectivity index (χ1) is 16.8. The lowest BCUT2D eigenvalue weighted by Gasteiger charge is -2.30. The fourth-order valence-electron chi connectivity index (χ4n) is 4.16. The molecule has 9 heteroatoms. The van der Waals surface area contributed by atoms with Crippen molar-refractivity contribution in [3.05, 3.63) is 65.5 Å². The number of amides is 4. The van der Waals surface area contributed by atoms with E-state index in [4.69, 9.17) is 5.73 Å². The van der Waals surface area contributed by atoms with Crippen molar-refractivity contribution in [2.75, 3.05) is 18.4 Å². The zero-order valence-electron chi connectivity index (χ0n) is 20.1. The van der Waals surface area contributed by atoms with Crippen LogP contribution in [0.3, 0.4) is 0 Å². The summed E-state index contributed by atoms with van der Waals surface area (Å²) in [6, 6.07) is 12.3. The molecule has 1 unspecified atom stereocenters. The van der Waals surface area contributed by atoms with Crippen LogP contribution in [-0.4, -0.2) is 41.9 Å². The van der Waals surface area contributed by atoms with Gasteiger partial charge in [-0.1, -0.05) is 37.6 Å². The summed E-state index contributed by atoms with van der Waals surface area (Å²) < 4.78 is 13.0. The van der Waals surface area contributed by atoms with Crippen molar-refractivity contribution < 1.29 is 18.8 Å². The molecule has 1 fully saturated rings. The maximum atomic E-state index is 13.0. The third-order valence-corrected chi connectivity index (χ3v) is 6.16. The van der Waals surface area contributed by atoms with E-state index in [1.54, 1.807) is 12.1 Å². The number of nitrogens with one attached hydrogen (secondary N) is 3. The topological polar surface area (TPSA) is 117 Å². The molecule has 1 aliphatic rings. The maximum Gasteiger partial charge on any atom is 0.315 e. The standard InChI is InChI=1S/C26H34FN5O3/c1-2-4-23(31-26(35)29-16-18-7-9-21(27)10-8-18)25(34)30-22-6-3-5-19(15-22)17-32-13-11-20(12-14-32)24(28)33/h3,5-10,15,20,23H,2,4,11-14,16-17H2,1H3,(H2,28,33)(H,30,34)(H2,29,31,35). The molecule has 0 spiro atoms. The zero-order chi connectivity index (χ0) is 25.2. The Kier molecular flexibility index (Phi) is 9.60. The van der Waals surface area contributed by atoms with Crippen molar-refractivity contribution >= 4 is 23.5 Å². The molecule has 5 N–H and O–H groups in total. The molecule has 0 bridgehead atoms. The van der Waals surface area contributed by atoms with E-state index in [0.29, 0.717) is 12.1 Å². The first-order valence-electron chi connectivity index (χ1n) is 12.0. The Morgan fingerprint density at radius 3 is 2.46 bits per heavy atom. The molecule has 1 heterocycles. The summed E-state index contributed by atoms with van der Waals surface area (Å²) in [7, 11) is 0. The van der Waals surface area contributed by atoms with E-state index in [-0.39, 0.29) is 30.1 Å². The van der Waals surface area contributed by atoms with Gasteiger partial charge in [0, 0.05) is 24.7 Å². The second-order valence-corrected chi connectivity index (χ2v) is 8.94. The van der Waals surface area contributed by atoms with Crippen molar-refractivity contribution in [3.63, 3.8) is 0 Å². The van der Waals surface area contributed by atoms with E-state index >= 15 is 0 Å². The van der Waals surface area contributed by atoms with Crippen molar-refractivity contribution in [3.8, 4) is 0 Å². The average Bonchev–Trinajstić information content (AvgIpc) is 2.84. The molecule has 0 radical (unpaired) electrons. The van der Waals surface area contributed by atoms with Crippen LogP contribution in [0.5, 0.6) is 0 Å². The van der Waals surface area contributed by atoms with Gasteiger partial charge in [0.1, 0.15) is 11.9 Å². The largest absolute Gasteiger partial charge is 0.369 e. The molecule has 0 aromatic heterocycles. The molecule has 1 atom stereocenters. The third-order valence-electron chi connectivity index (χ3n) is 6.16. The van der Waals surface area contributed by atoms with E-state index in [0.717, 1.165) is 50.0 Å². The number of anilines is 1. The highest BCUT2D eigenvalue weighted by Crippen LogP contribution is 2.20. The minimum absolute atomic E-state index is 0.0484. The van der Waals surface area contributed by atoms with Gasteiger partial charge in [0.15, 0.2) is 0 Å². The SMILES string of the molecule is CCCC(NC(=O)NCc1ccc(F)cc1)C(=O)Nc1cccc(CN2CCC(C(N)=O)CC2)c1. The van der Waals surface area contributed by atoms with Crippen LogP contribution in [-0.2, 0) is 22.7 Å². The predicted octanol–water partition coefficient (Wildman–Crippen LogP) is 3.13. The minimum Gasteiger partial charge on any atom is -0.369 e. The van der Waals surface area contributed by atoms with Crippen LogP contribution in [0.1, 0.15) is 43.7 Å². The van der Waals surface area contributed by atoms with E-state index in [2.05, 4.69) is 20.9 Å². The molecule has 3 rings (SSSR count). The second kappa shape index (κ2) is 12.9. The molecule has 2 aromatic carbocycles. The lowest BCUT2D eigenvalue weighted by atomic mass is 9.96. The van der Waals surface area contributed by atoms with Crippen LogP contribution in [0.4, 0.5) is 14.9 Å². The number of hydrogen-bond donors (Lipinski definition) is 4. The molecule has 8 nitrogen and oxygen atoms in total. The van der Waals surface area contributed by atoms with Crippen molar-refractivity contribution in [2.24, 2.45) is 11.7 Å². The van der Waals surface area contributed by atoms with Gasteiger partial charge in [0.25, 0.3) is 0 Å². The lowest BCUT2D eigenvalue weighted by molar-refractivity contribution is -0.123. The average molecular weight is 484 g/mol. The number of primary amides is 1. The van der Waals surface area contributed by atoms with Crippen molar-refractivity contribution in [1.29, 1.82) is 0 Å². The maximum absolute atomic E-state index is 13.0. The van der Waals surface area contributed by atoms with Gasteiger partial charge in [-0.25, -0.2) is 9.18 Å². The number of rotatable bonds is 10. The summed E-state index contributed by atoms with van der Waals surface area (Å²) >= 11 is 0. The summed E-state index contributed by atoms with van der Waals surface area (Å²) in [5.41, 5.74) is 7.89. The molecule has 1 saturated heterocycles. The van der Waals surface area contributed by atoms with E-state index < -0.39 is 12.1 Å². The highest BCUT2D eigenvalue weighted by Gasteiger charge is 2.23. The predicted molar refractivity (Wildman–Crippen MR) is 133 cm³/mol. The van der Waals surface area contributed by atoms with Crippen molar-refractivity contribution in [2.45, 2.75) is 51.7 Å². The van der Waals surface area contributed by atoms with Gasteiger partial charge in [0.05, 0.1) is 0 Å². The number of hydrogen-bond acceptors (Lipinski definition) is 4. The molecule has 0 saturated carbocycles. The number of halogens is 1. The molecule has 4 amide bonds. The van der Waals surface area contributed by atoms with Crippen LogP contribution >= 0.6 is 0 Å². The Morgan fingerprint density at radius 2 is 1.80 bits per heavy atom. The van der Waals surface area contributed by atoms with Gasteiger partial charge >= 0.3 is 6.03 Å². The van der Waals surface area contributed by atoms with Gasteiger partial charge in [-0.3, -0.25) is 14.5 Å². The fraction of sp³-hybridized carbons (Fsp3) is 0.423. The summed E-state index contributed by atoms with van der Waals surface area (Å²) in [6.07, 6.45) is 2.74. The molecule has 0 aliphatic carbocycles. The van der Waals surface area contributed by atoms with Gasteiger partial charge in [-0.15, -0.1) is 0 Å². The van der Waals surface area contributed by atoms with Gasteiger partial charge in [0.2, 0.25) is 11.8 Å². The molecule has 1 aliphatic heterocycles. The number of nitrogens with two attached hydrogens (primary N) is 1. The fourth-order valence-corrected chi connectivity index (χ4v) is 4.16. The number of carbonyl (C=O) groups is 3. The number of nitrogens with zero attached hydrogens (tertiary/aromatic N) is 1. The third kappa shape index (κ3) is 8.36. The minimum atomic E-state index is -0.690. The number of urea groups is 1. The van der Waals surface area contributed by atoms with Crippen LogP contribution in [0.2, 0.25) is 0 Å². The monoisotopic (exact) mass is 483 g/mol. The normalized spacial score (nSPS) is 15.3. The lowest BCUT2D eigenvalue weighted by Crippen LogP contribution is -2.47. The van der Waals surface area contributed by atoms with Gasteiger partial charge in [-0.05, 0) is 67.7 Å². The second-order valence-electron chi connectivity index (χ2n) is 8.94. The molecular formula is C26H34FN5O3. The molecule has 2 aromatic rings. The highest BCUT2D eigenvalue weighted by atomic mass is 19.1. The van der Waals surface area contributed by atoms with E-state index in [1.165, 1.54) is 12.1 Å². The van der Waals surface area contributed by atoms with Crippen LogP contribution < -0.4 is 21.7 Å². The number of benzene rings is 2. The van der Waals surface area contributed by atoms with Crippen LogP contribution in [0, 0.1) is 11.7 Å². The Balaban J connectivity index is 1.51. The zero-order valence-corrected chi connectivity index (χ0v) is 20.1. The Morgan fingerprint density at radius 1 is 1.09 bits per heavy atom. The quantitative estimate of drug-likeness (QED) is 0.415. The highest BCUT2D eigenvalue weighted by molar-refractivity contribution is 5.97.